The van der Waals surface area contributed by atoms with Crippen LogP contribution in [0.1, 0.15) is 15.9 Å². The first-order chi connectivity index (χ1) is 13.2. The summed E-state index contributed by atoms with van der Waals surface area (Å²) in [5.41, 5.74) is 4.90. The molecule has 0 aliphatic heterocycles. The predicted octanol–water partition coefficient (Wildman–Crippen LogP) is 3.53. The van der Waals surface area contributed by atoms with Gasteiger partial charge in [0.15, 0.2) is 0 Å². The van der Waals surface area contributed by atoms with Gasteiger partial charge in [0.25, 0.3) is 0 Å². The molecule has 7 nitrogen and oxygen atoms in total. The highest BCUT2D eigenvalue weighted by Crippen LogP contribution is 2.26. The van der Waals surface area contributed by atoms with Crippen LogP contribution in [-0.4, -0.2) is 43.6 Å². The number of aromatic nitrogens is 5. The van der Waals surface area contributed by atoms with Crippen molar-refractivity contribution in [1.82, 2.24) is 25.2 Å². The minimum absolute atomic E-state index is 0.372. The summed E-state index contributed by atoms with van der Waals surface area (Å²) < 4.78 is 6.37. The standard InChI is InChI=1S/C19H16BrN5O2/c1-27-19(26)13-3-5-14(6-4-13)25-11-17(22-24-25)18-15-10-12(8-9-20)2-7-16(15)21-23-18/h2-7,10-11H,8-9H2,1H3,(H,21,23). The van der Waals surface area contributed by atoms with Gasteiger partial charge in [-0.15, -0.1) is 5.10 Å². The van der Waals surface area contributed by atoms with Gasteiger partial charge >= 0.3 is 5.97 Å². The Morgan fingerprint density at radius 2 is 2.04 bits per heavy atom. The van der Waals surface area contributed by atoms with Crippen LogP contribution in [0.5, 0.6) is 0 Å². The van der Waals surface area contributed by atoms with E-state index in [0.717, 1.165) is 34.0 Å². The van der Waals surface area contributed by atoms with E-state index in [9.17, 15) is 4.79 Å². The summed E-state index contributed by atoms with van der Waals surface area (Å²) in [5, 5.41) is 17.8. The maximum absolute atomic E-state index is 11.5. The third-order valence-electron chi connectivity index (χ3n) is 4.30. The molecule has 4 aromatic rings. The Morgan fingerprint density at radius 1 is 1.22 bits per heavy atom. The van der Waals surface area contributed by atoms with Crippen molar-refractivity contribution in [2.24, 2.45) is 0 Å². The molecular weight excluding hydrogens is 410 g/mol. The van der Waals surface area contributed by atoms with Crippen LogP contribution in [0.25, 0.3) is 28.0 Å². The number of halogens is 1. The molecular formula is C19H16BrN5O2. The van der Waals surface area contributed by atoms with Crippen molar-refractivity contribution in [3.63, 3.8) is 0 Å². The number of aryl methyl sites for hydroxylation is 1. The molecule has 0 radical (unpaired) electrons. The van der Waals surface area contributed by atoms with Crippen LogP contribution in [-0.2, 0) is 11.2 Å². The summed E-state index contributed by atoms with van der Waals surface area (Å²) in [6, 6.07) is 13.2. The molecule has 2 aromatic carbocycles. The zero-order chi connectivity index (χ0) is 18.8. The molecule has 136 valence electrons. The molecule has 0 unspecified atom stereocenters. The Labute approximate surface area is 163 Å². The van der Waals surface area contributed by atoms with Crippen molar-refractivity contribution in [3.8, 4) is 17.1 Å². The summed E-state index contributed by atoms with van der Waals surface area (Å²) in [4.78, 5) is 11.5. The van der Waals surface area contributed by atoms with E-state index in [-0.39, 0.29) is 5.97 Å². The molecule has 0 saturated heterocycles. The number of rotatable bonds is 5. The lowest BCUT2D eigenvalue weighted by molar-refractivity contribution is 0.0600. The second-order valence-corrected chi connectivity index (χ2v) is 6.77. The van der Waals surface area contributed by atoms with E-state index in [1.54, 1.807) is 28.9 Å². The lowest BCUT2D eigenvalue weighted by Crippen LogP contribution is -2.02. The van der Waals surface area contributed by atoms with E-state index >= 15 is 0 Å². The van der Waals surface area contributed by atoms with E-state index in [4.69, 9.17) is 4.74 Å². The van der Waals surface area contributed by atoms with E-state index in [1.807, 2.05) is 12.3 Å². The maximum atomic E-state index is 11.5. The second kappa shape index (κ2) is 7.32. The minimum Gasteiger partial charge on any atom is -0.465 e. The highest BCUT2D eigenvalue weighted by Gasteiger charge is 2.13. The van der Waals surface area contributed by atoms with Gasteiger partial charge in [0.1, 0.15) is 11.4 Å². The van der Waals surface area contributed by atoms with Crippen molar-refractivity contribution in [1.29, 1.82) is 0 Å². The van der Waals surface area contributed by atoms with Crippen molar-refractivity contribution >= 4 is 32.8 Å². The second-order valence-electron chi connectivity index (χ2n) is 5.98. The number of nitrogens with one attached hydrogen (secondary N) is 1. The number of alkyl halides is 1. The number of benzene rings is 2. The van der Waals surface area contributed by atoms with Gasteiger partial charge in [0, 0.05) is 10.7 Å². The Morgan fingerprint density at radius 3 is 2.78 bits per heavy atom. The molecule has 2 aromatic heterocycles. The summed E-state index contributed by atoms with van der Waals surface area (Å²) in [5.74, 6) is -0.372. The predicted molar refractivity (Wildman–Crippen MR) is 105 cm³/mol. The Hall–Kier alpha value is -3.00. The number of H-pyrrole nitrogens is 1. The molecule has 0 bridgehead atoms. The van der Waals surface area contributed by atoms with E-state index in [0.29, 0.717) is 11.3 Å². The number of nitrogens with zero attached hydrogens (tertiary/aromatic N) is 4. The number of ether oxygens (including phenoxy) is 1. The number of carbonyl (C=O) groups excluding carboxylic acids is 1. The average molecular weight is 426 g/mol. The number of esters is 1. The monoisotopic (exact) mass is 425 g/mol. The lowest BCUT2D eigenvalue weighted by atomic mass is 10.1. The van der Waals surface area contributed by atoms with Gasteiger partial charge in [-0.05, 0) is 48.4 Å². The molecule has 2 heterocycles. The summed E-state index contributed by atoms with van der Waals surface area (Å²) in [6.45, 7) is 0. The summed E-state index contributed by atoms with van der Waals surface area (Å²) >= 11 is 3.47. The molecule has 27 heavy (non-hydrogen) atoms. The smallest absolute Gasteiger partial charge is 0.337 e. The van der Waals surface area contributed by atoms with Crippen molar-refractivity contribution in [2.45, 2.75) is 6.42 Å². The first-order valence-corrected chi connectivity index (χ1v) is 9.46. The van der Waals surface area contributed by atoms with Crippen LogP contribution in [0, 0.1) is 0 Å². The molecule has 4 rings (SSSR count). The van der Waals surface area contributed by atoms with Crippen LogP contribution < -0.4 is 0 Å². The van der Waals surface area contributed by atoms with Crippen LogP contribution in [0.3, 0.4) is 0 Å². The van der Waals surface area contributed by atoms with Gasteiger partial charge in [-0.25, -0.2) is 9.48 Å². The zero-order valence-electron chi connectivity index (χ0n) is 14.5. The van der Waals surface area contributed by atoms with Crippen LogP contribution in [0.2, 0.25) is 0 Å². The number of aromatic amines is 1. The summed E-state index contributed by atoms with van der Waals surface area (Å²) in [6.07, 6.45) is 2.76. The third kappa shape index (κ3) is 3.35. The SMILES string of the molecule is COC(=O)c1ccc(-n2cc(-c3n[nH]c4ccc(CCBr)cc34)nn2)cc1. The van der Waals surface area contributed by atoms with Gasteiger partial charge in [0.05, 0.1) is 30.1 Å². The van der Waals surface area contributed by atoms with Gasteiger partial charge in [-0.2, -0.15) is 5.10 Å². The maximum Gasteiger partial charge on any atom is 0.337 e. The molecule has 8 heteroatoms. The Balaban J connectivity index is 1.67. The molecule has 1 N–H and O–H groups in total. The number of fused-ring (bicyclic) bond motifs is 1. The third-order valence-corrected chi connectivity index (χ3v) is 4.70. The summed E-state index contributed by atoms with van der Waals surface area (Å²) in [7, 11) is 1.36. The minimum atomic E-state index is -0.372. The van der Waals surface area contributed by atoms with E-state index < -0.39 is 0 Å². The normalized spacial score (nSPS) is 11.0. The largest absolute Gasteiger partial charge is 0.465 e. The first kappa shape index (κ1) is 17.4. The van der Waals surface area contributed by atoms with E-state index in [1.165, 1.54) is 12.7 Å². The number of hydrogen-bond acceptors (Lipinski definition) is 5. The number of carbonyl (C=O) groups is 1. The van der Waals surface area contributed by atoms with Crippen LogP contribution in [0.15, 0.2) is 48.7 Å². The molecule has 0 saturated carbocycles. The van der Waals surface area contributed by atoms with Crippen molar-refractivity contribution < 1.29 is 9.53 Å². The fraction of sp³-hybridized carbons (Fsp3) is 0.158. The molecule has 0 spiro atoms. The van der Waals surface area contributed by atoms with E-state index in [2.05, 4.69) is 48.6 Å². The molecule has 0 aliphatic rings. The molecule has 0 fully saturated rings. The Bertz CT molecular complexity index is 1100. The van der Waals surface area contributed by atoms with Crippen molar-refractivity contribution in [3.05, 3.63) is 59.8 Å². The van der Waals surface area contributed by atoms with Gasteiger partial charge in [-0.1, -0.05) is 27.2 Å². The Kier molecular flexibility index (Phi) is 4.72. The lowest BCUT2D eigenvalue weighted by Gasteiger charge is -2.02. The zero-order valence-corrected chi connectivity index (χ0v) is 16.1. The highest BCUT2D eigenvalue weighted by atomic mass is 79.9. The van der Waals surface area contributed by atoms with Crippen LogP contribution in [0.4, 0.5) is 0 Å². The molecule has 0 amide bonds. The highest BCUT2D eigenvalue weighted by molar-refractivity contribution is 9.09. The fourth-order valence-corrected chi connectivity index (χ4v) is 3.35. The van der Waals surface area contributed by atoms with Crippen molar-refractivity contribution in [2.75, 3.05) is 12.4 Å². The topological polar surface area (TPSA) is 85.7 Å². The number of hydrogen-bond donors (Lipinski definition) is 1. The fourth-order valence-electron chi connectivity index (χ4n) is 2.89. The van der Waals surface area contributed by atoms with Gasteiger partial charge in [0.2, 0.25) is 0 Å². The molecule has 0 atom stereocenters. The average Bonchev–Trinajstić information content (AvgIpc) is 3.34. The van der Waals surface area contributed by atoms with Gasteiger partial charge < -0.3 is 4.74 Å². The van der Waals surface area contributed by atoms with Gasteiger partial charge in [-0.3, -0.25) is 5.10 Å². The number of methoxy groups -OCH3 is 1. The molecule has 0 aliphatic carbocycles. The van der Waals surface area contributed by atoms with Crippen LogP contribution >= 0.6 is 15.9 Å². The first-order valence-electron chi connectivity index (χ1n) is 8.34. The quantitative estimate of drug-likeness (QED) is 0.390.